The molecule has 1 aromatic carbocycles. The van der Waals surface area contributed by atoms with Gasteiger partial charge >= 0.3 is 5.97 Å². The first-order valence-corrected chi connectivity index (χ1v) is 9.26. The molecule has 1 aliphatic rings. The Labute approximate surface area is 164 Å². The van der Waals surface area contributed by atoms with E-state index in [1.54, 1.807) is 26.2 Å². The topological polar surface area (TPSA) is 72.2 Å². The van der Waals surface area contributed by atoms with Gasteiger partial charge in [0.1, 0.15) is 22.8 Å². The van der Waals surface area contributed by atoms with Crippen LogP contribution in [0.2, 0.25) is 0 Å². The molecule has 0 bridgehead atoms. The largest absolute Gasteiger partial charge is 0.496 e. The van der Waals surface area contributed by atoms with Gasteiger partial charge in [-0.05, 0) is 37.6 Å². The molecule has 1 fully saturated rings. The third-order valence-corrected chi connectivity index (χ3v) is 5.07. The average molecular weight is 386 g/mol. The van der Waals surface area contributed by atoms with Gasteiger partial charge < -0.3 is 18.8 Å². The highest BCUT2D eigenvalue weighted by Gasteiger charge is 2.24. The van der Waals surface area contributed by atoms with Crippen molar-refractivity contribution in [1.82, 2.24) is 9.80 Å². The second kappa shape index (κ2) is 8.48. The first kappa shape index (κ1) is 19.9. The number of methoxy groups -OCH3 is 2. The molecule has 2 heterocycles. The monoisotopic (exact) mass is 386 g/mol. The van der Waals surface area contributed by atoms with E-state index in [9.17, 15) is 9.59 Å². The van der Waals surface area contributed by atoms with E-state index < -0.39 is 5.97 Å². The van der Waals surface area contributed by atoms with Crippen molar-refractivity contribution in [1.29, 1.82) is 0 Å². The number of benzene rings is 1. The van der Waals surface area contributed by atoms with Crippen molar-refractivity contribution in [2.45, 2.75) is 20.4 Å². The second-order valence-electron chi connectivity index (χ2n) is 6.93. The lowest BCUT2D eigenvalue weighted by molar-refractivity contribution is 0.0596. The van der Waals surface area contributed by atoms with Gasteiger partial charge in [-0.3, -0.25) is 9.69 Å². The summed E-state index contributed by atoms with van der Waals surface area (Å²) in [4.78, 5) is 28.6. The van der Waals surface area contributed by atoms with Crippen LogP contribution in [0.4, 0.5) is 0 Å². The first-order chi connectivity index (χ1) is 13.4. The molecule has 0 spiro atoms. The number of ether oxygens (including phenoxy) is 2. The van der Waals surface area contributed by atoms with Crippen molar-refractivity contribution in [3.63, 3.8) is 0 Å². The molecule has 0 aliphatic carbocycles. The van der Waals surface area contributed by atoms with Gasteiger partial charge in [0.25, 0.3) is 5.91 Å². The lowest BCUT2D eigenvalue weighted by Crippen LogP contribution is -2.48. The quantitative estimate of drug-likeness (QED) is 0.736. The molecule has 1 saturated heterocycles. The predicted molar refractivity (Wildman–Crippen MR) is 104 cm³/mol. The Morgan fingerprint density at radius 1 is 1.07 bits per heavy atom. The normalized spacial score (nSPS) is 14.8. The summed E-state index contributed by atoms with van der Waals surface area (Å²) in [5.74, 6) is 1.63. The van der Waals surface area contributed by atoms with Gasteiger partial charge in [-0.25, -0.2) is 4.79 Å². The number of carbonyl (C=O) groups excluding carboxylic acids is 2. The molecule has 1 amide bonds. The Morgan fingerprint density at radius 2 is 1.79 bits per heavy atom. The molecule has 7 heteroatoms. The summed E-state index contributed by atoms with van der Waals surface area (Å²) in [6.07, 6.45) is 0. The molecule has 0 saturated carbocycles. The predicted octanol–water partition coefficient (Wildman–Crippen LogP) is 2.65. The van der Waals surface area contributed by atoms with Crippen LogP contribution in [-0.2, 0) is 11.3 Å². The van der Waals surface area contributed by atoms with Crippen LogP contribution < -0.4 is 4.74 Å². The SMILES string of the molecule is COC(=O)c1cc(CN2CCN(C(=O)c3ccc(C)c(OC)c3)CC2)oc1C. The number of piperazine rings is 1. The minimum atomic E-state index is -0.392. The van der Waals surface area contributed by atoms with E-state index in [4.69, 9.17) is 13.9 Å². The molecule has 1 aliphatic heterocycles. The number of esters is 1. The summed E-state index contributed by atoms with van der Waals surface area (Å²) in [5.41, 5.74) is 2.10. The highest BCUT2D eigenvalue weighted by molar-refractivity contribution is 5.94. The van der Waals surface area contributed by atoms with Gasteiger partial charge in [-0.1, -0.05) is 6.07 Å². The number of hydrogen-bond acceptors (Lipinski definition) is 6. The number of aryl methyl sites for hydroxylation is 2. The van der Waals surface area contributed by atoms with Crippen LogP contribution in [0.1, 0.15) is 37.8 Å². The lowest BCUT2D eigenvalue weighted by atomic mass is 10.1. The van der Waals surface area contributed by atoms with E-state index in [0.717, 1.165) is 30.2 Å². The van der Waals surface area contributed by atoms with E-state index in [-0.39, 0.29) is 5.91 Å². The van der Waals surface area contributed by atoms with Crippen LogP contribution in [-0.4, -0.2) is 62.1 Å². The van der Waals surface area contributed by atoms with Crippen molar-refractivity contribution in [3.05, 3.63) is 52.5 Å². The molecule has 2 aromatic rings. The molecule has 0 atom stereocenters. The fourth-order valence-corrected chi connectivity index (χ4v) is 3.40. The van der Waals surface area contributed by atoms with E-state index in [0.29, 0.717) is 36.5 Å². The molecule has 3 rings (SSSR count). The van der Waals surface area contributed by atoms with Gasteiger partial charge in [-0.15, -0.1) is 0 Å². The zero-order valence-electron chi connectivity index (χ0n) is 16.8. The van der Waals surface area contributed by atoms with Crippen molar-refractivity contribution in [2.24, 2.45) is 0 Å². The molecular weight excluding hydrogens is 360 g/mol. The summed E-state index contributed by atoms with van der Waals surface area (Å²) in [6, 6.07) is 7.27. The lowest BCUT2D eigenvalue weighted by Gasteiger charge is -2.34. The van der Waals surface area contributed by atoms with E-state index in [2.05, 4.69) is 4.90 Å². The standard InChI is InChI=1S/C21H26N2O5/c1-14-5-6-16(11-19(14)26-3)20(24)23-9-7-22(8-10-23)13-17-12-18(15(2)28-17)21(25)27-4/h5-6,11-12H,7-10,13H2,1-4H3. The van der Waals surface area contributed by atoms with Crippen molar-refractivity contribution in [2.75, 3.05) is 40.4 Å². The van der Waals surface area contributed by atoms with E-state index >= 15 is 0 Å². The van der Waals surface area contributed by atoms with Crippen molar-refractivity contribution < 1.29 is 23.5 Å². The Balaban J connectivity index is 1.59. The third kappa shape index (κ3) is 4.20. The van der Waals surface area contributed by atoms with Crippen LogP contribution in [0.25, 0.3) is 0 Å². The van der Waals surface area contributed by atoms with Gasteiger partial charge in [0.2, 0.25) is 0 Å². The van der Waals surface area contributed by atoms with Gasteiger partial charge in [-0.2, -0.15) is 0 Å². The fourth-order valence-electron chi connectivity index (χ4n) is 3.40. The Morgan fingerprint density at radius 3 is 2.43 bits per heavy atom. The molecule has 150 valence electrons. The number of rotatable bonds is 5. The van der Waals surface area contributed by atoms with Crippen LogP contribution in [0.3, 0.4) is 0 Å². The van der Waals surface area contributed by atoms with Crippen LogP contribution >= 0.6 is 0 Å². The molecule has 7 nitrogen and oxygen atoms in total. The maximum atomic E-state index is 12.8. The minimum absolute atomic E-state index is 0.0137. The zero-order chi connectivity index (χ0) is 20.3. The molecule has 0 radical (unpaired) electrons. The number of nitrogens with zero attached hydrogens (tertiary/aromatic N) is 2. The fraction of sp³-hybridized carbons (Fsp3) is 0.429. The smallest absolute Gasteiger partial charge is 0.341 e. The van der Waals surface area contributed by atoms with Gasteiger partial charge in [0.05, 0.1) is 20.8 Å². The highest BCUT2D eigenvalue weighted by atomic mass is 16.5. The maximum absolute atomic E-state index is 12.8. The van der Waals surface area contributed by atoms with E-state index in [1.807, 2.05) is 24.0 Å². The van der Waals surface area contributed by atoms with Crippen LogP contribution in [0.5, 0.6) is 5.75 Å². The molecule has 0 N–H and O–H groups in total. The van der Waals surface area contributed by atoms with E-state index in [1.165, 1.54) is 7.11 Å². The van der Waals surface area contributed by atoms with Crippen LogP contribution in [0.15, 0.2) is 28.7 Å². The number of amides is 1. The average Bonchev–Trinajstić information content (AvgIpc) is 3.07. The Kier molecular flexibility index (Phi) is 6.04. The summed E-state index contributed by atoms with van der Waals surface area (Å²) >= 11 is 0. The molecule has 28 heavy (non-hydrogen) atoms. The van der Waals surface area contributed by atoms with Crippen molar-refractivity contribution in [3.8, 4) is 5.75 Å². The summed E-state index contributed by atoms with van der Waals surface area (Å²) in [7, 11) is 2.96. The minimum Gasteiger partial charge on any atom is -0.496 e. The Hall–Kier alpha value is -2.80. The zero-order valence-corrected chi connectivity index (χ0v) is 16.8. The molecular formula is C21H26N2O5. The van der Waals surface area contributed by atoms with Gasteiger partial charge in [0, 0.05) is 31.7 Å². The number of hydrogen-bond donors (Lipinski definition) is 0. The summed E-state index contributed by atoms with van der Waals surface area (Å²) < 4.78 is 15.8. The second-order valence-corrected chi connectivity index (χ2v) is 6.93. The summed E-state index contributed by atoms with van der Waals surface area (Å²) in [6.45, 7) is 7.05. The van der Waals surface area contributed by atoms with Gasteiger partial charge in [0.15, 0.2) is 0 Å². The third-order valence-electron chi connectivity index (χ3n) is 5.07. The summed E-state index contributed by atoms with van der Waals surface area (Å²) in [5, 5.41) is 0. The highest BCUT2D eigenvalue weighted by Crippen LogP contribution is 2.21. The van der Waals surface area contributed by atoms with Crippen LogP contribution in [0, 0.1) is 13.8 Å². The first-order valence-electron chi connectivity index (χ1n) is 9.26. The van der Waals surface area contributed by atoms with Crippen molar-refractivity contribution >= 4 is 11.9 Å². The molecule has 1 aromatic heterocycles. The molecule has 0 unspecified atom stereocenters. The Bertz CT molecular complexity index is 866. The number of carbonyl (C=O) groups is 2. The maximum Gasteiger partial charge on any atom is 0.341 e. The number of furan rings is 1.